The van der Waals surface area contributed by atoms with Gasteiger partial charge in [0.15, 0.2) is 0 Å². The van der Waals surface area contributed by atoms with E-state index in [1.165, 1.54) is 6.07 Å². The summed E-state index contributed by atoms with van der Waals surface area (Å²) in [7, 11) is -3.92. The molecule has 1 fully saturated rings. The summed E-state index contributed by atoms with van der Waals surface area (Å²) in [5.74, 6) is -0.501. The van der Waals surface area contributed by atoms with Crippen molar-refractivity contribution >= 4 is 27.5 Å². The lowest BCUT2D eigenvalue weighted by atomic mass is 10.1. The van der Waals surface area contributed by atoms with Gasteiger partial charge in [-0.3, -0.25) is 13.9 Å². The molecule has 0 radical (unpaired) electrons. The Hall–Kier alpha value is -3.08. The quantitative estimate of drug-likeness (QED) is 0.354. The highest BCUT2D eigenvalue weighted by molar-refractivity contribution is 7.92. The monoisotopic (exact) mass is 581 g/mol. The lowest BCUT2D eigenvalue weighted by molar-refractivity contribution is -0.141. The van der Waals surface area contributed by atoms with Crippen LogP contribution in [0.15, 0.2) is 54.6 Å². The van der Waals surface area contributed by atoms with E-state index in [1.807, 2.05) is 37.3 Å². The van der Waals surface area contributed by atoms with Gasteiger partial charge in [-0.1, -0.05) is 56.2 Å². The number of carbonyl (C=O) groups is 2. The van der Waals surface area contributed by atoms with Crippen LogP contribution in [0.5, 0.6) is 0 Å². The van der Waals surface area contributed by atoms with Crippen LogP contribution < -0.4 is 9.62 Å². The van der Waals surface area contributed by atoms with Crippen molar-refractivity contribution in [3.05, 3.63) is 65.7 Å². The van der Waals surface area contributed by atoms with E-state index in [0.29, 0.717) is 19.4 Å². The number of carbonyl (C=O) groups excluding carboxylic acids is 2. The molecule has 0 spiro atoms. The maximum atomic E-state index is 13.5. The van der Waals surface area contributed by atoms with Gasteiger partial charge in [-0.05, 0) is 55.9 Å². The van der Waals surface area contributed by atoms with E-state index < -0.39 is 27.8 Å². The number of hydrogen-bond acceptors (Lipinski definition) is 4. The number of sulfonamides is 1. The number of halogens is 3. The summed E-state index contributed by atoms with van der Waals surface area (Å²) >= 11 is 0. The van der Waals surface area contributed by atoms with Gasteiger partial charge in [0.05, 0.1) is 17.5 Å². The molecule has 1 saturated carbocycles. The molecule has 0 aliphatic heterocycles. The van der Waals surface area contributed by atoms with Crippen LogP contribution in [0, 0.1) is 0 Å². The van der Waals surface area contributed by atoms with Crippen molar-refractivity contribution in [2.24, 2.45) is 0 Å². The molecule has 0 saturated heterocycles. The second kappa shape index (κ2) is 14.0. The minimum absolute atomic E-state index is 0.0625. The van der Waals surface area contributed by atoms with Crippen molar-refractivity contribution in [1.29, 1.82) is 0 Å². The van der Waals surface area contributed by atoms with E-state index >= 15 is 0 Å². The van der Waals surface area contributed by atoms with Crippen molar-refractivity contribution in [1.82, 2.24) is 10.2 Å². The Bertz CT molecular complexity index is 1230. The second-order valence-corrected chi connectivity index (χ2v) is 12.1. The third-order valence-corrected chi connectivity index (χ3v) is 8.38. The third-order valence-electron chi connectivity index (χ3n) is 7.19. The van der Waals surface area contributed by atoms with E-state index in [1.54, 1.807) is 4.90 Å². The predicted octanol–water partition coefficient (Wildman–Crippen LogP) is 5.16. The molecule has 1 N–H and O–H groups in total. The number of benzene rings is 2. The molecule has 3 rings (SSSR count). The highest BCUT2D eigenvalue weighted by Crippen LogP contribution is 2.32. The highest BCUT2D eigenvalue weighted by atomic mass is 32.2. The summed E-state index contributed by atoms with van der Waals surface area (Å²) in [5, 5.41) is 3.08. The summed E-state index contributed by atoms with van der Waals surface area (Å²) in [5.41, 5.74) is -0.0619. The largest absolute Gasteiger partial charge is 0.416 e. The molecule has 7 nitrogen and oxygen atoms in total. The summed E-state index contributed by atoms with van der Waals surface area (Å²) in [6.45, 7) is 1.98. The topological polar surface area (TPSA) is 86.8 Å². The molecule has 0 unspecified atom stereocenters. The van der Waals surface area contributed by atoms with Crippen molar-refractivity contribution < 1.29 is 31.2 Å². The van der Waals surface area contributed by atoms with Crippen molar-refractivity contribution in [3.8, 4) is 0 Å². The first-order valence-electron chi connectivity index (χ1n) is 13.7. The molecule has 220 valence electrons. The van der Waals surface area contributed by atoms with Crippen LogP contribution in [0.3, 0.4) is 0 Å². The molecule has 0 aromatic heterocycles. The first-order valence-corrected chi connectivity index (χ1v) is 15.5. The van der Waals surface area contributed by atoms with Gasteiger partial charge in [0.1, 0.15) is 6.04 Å². The fourth-order valence-electron chi connectivity index (χ4n) is 5.10. The minimum atomic E-state index is -4.62. The molecule has 2 aromatic carbocycles. The molecule has 0 bridgehead atoms. The van der Waals surface area contributed by atoms with Crippen molar-refractivity contribution in [3.63, 3.8) is 0 Å². The Kier molecular flexibility index (Phi) is 11.0. The zero-order valence-electron chi connectivity index (χ0n) is 23.0. The van der Waals surface area contributed by atoms with Crippen LogP contribution in [-0.2, 0) is 32.2 Å². The number of hydrogen-bond donors (Lipinski definition) is 1. The number of nitrogens with zero attached hydrogens (tertiary/aromatic N) is 2. The van der Waals surface area contributed by atoms with Crippen LogP contribution >= 0.6 is 0 Å². The third kappa shape index (κ3) is 8.97. The zero-order valence-corrected chi connectivity index (χ0v) is 23.8. The fourth-order valence-corrected chi connectivity index (χ4v) is 6.06. The van der Waals surface area contributed by atoms with E-state index in [2.05, 4.69) is 5.32 Å². The molecule has 11 heteroatoms. The molecule has 40 heavy (non-hydrogen) atoms. The lowest BCUT2D eigenvalue weighted by Crippen LogP contribution is -2.52. The summed E-state index contributed by atoms with van der Waals surface area (Å²) in [6, 6.07) is 13.1. The summed E-state index contributed by atoms with van der Waals surface area (Å²) in [4.78, 5) is 28.3. The average Bonchev–Trinajstić information content (AvgIpc) is 3.41. The average molecular weight is 582 g/mol. The SMILES string of the molecule is CC[C@H](C(=O)NC1CCCC1)N(CCc1ccccc1)C(=O)CCCN(c1cccc(C(F)(F)F)c1)S(C)(=O)=O. The van der Waals surface area contributed by atoms with Gasteiger partial charge >= 0.3 is 6.18 Å². The first-order chi connectivity index (χ1) is 18.9. The minimum Gasteiger partial charge on any atom is -0.352 e. The van der Waals surface area contributed by atoms with Gasteiger partial charge in [-0.25, -0.2) is 8.42 Å². The molecule has 0 heterocycles. The van der Waals surface area contributed by atoms with E-state index in [-0.39, 0.29) is 42.9 Å². The molecule has 2 amide bonds. The zero-order chi connectivity index (χ0) is 29.3. The van der Waals surface area contributed by atoms with Crippen LogP contribution in [-0.4, -0.2) is 56.6 Å². The van der Waals surface area contributed by atoms with E-state index in [0.717, 1.165) is 60.0 Å². The van der Waals surface area contributed by atoms with Crippen LogP contribution in [0.1, 0.15) is 63.0 Å². The maximum absolute atomic E-state index is 13.5. The van der Waals surface area contributed by atoms with Gasteiger partial charge in [0, 0.05) is 25.6 Å². The highest BCUT2D eigenvalue weighted by Gasteiger charge is 2.32. The summed E-state index contributed by atoms with van der Waals surface area (Å²) in [6.07, 6.45) is 1.20. The molecule has 1 aliphatic rings. The number of amides is 2. The predicted molar refractivity (Wildman–Crippen MR) is 149 cm³/mol. The van der Waals surface area contributed by atoms with Gasteiger partial charge in [-0.15, -0.1) is 0 Å². The Morgan fingerprint density at radius 2 is 1.70 bits per heavy atom. The first kappa shape index (κ1) is 31.4. The van der Waals surface area contributed by atoms with Gasteiger partial charge in [0.2, 0.25) is 21.8 Å². The Morgan fingerprint density at radius 3 is 2.30 bits per heavy atom. The number of alkyl halides is 3. The number of rotatable bonds is 13. The molecular weight excluding hydrogens is 543 g/mol. The van der Waals surface area contributed by atoms with Gasteiger partial charge < -0.3 is 10.2 Å². The molecule has 1 atom stereocenters. The number of nitrogens with one attached hydrogen (secondary N) is 1. The normalized spacial score (nSPS) is 15.0. The maximum Gasteiger partial charge on any atom is 0.416 e. The van der Waals surface area contributed by atoms with Gasteiger partial charge in [0.25, 0.3) is 0 Å². The fraction of sp³-hybridized carbons (Fsp3) is 0.517. The van der Waals surface area contributed by atoms with Crippen molar-refractivity contribution in [2.45, 2.75) is 76.6 Å². The molecule has 2 aromatic rings. The molecular formula is C29H38F3N3O4S. The van der Waals surface area contributed by atoms with E-state index in [9.17, 15) is 31.2 Å². The van der Waals surface area contributed by atoms with Crippen LogP contribution in [0.4, 0.5) is 18.9 Å². The number of anilines is 1. The lowest BCUT2D eigenvalue weighted by Gasteiger charge is -2.32. The standard InChI is InChI=1S/C29H38F3N3O4S/c1-3-26(28(37)33-24-14-7-8-15-24)34(20-18-22-11-5-4-6-12-22)27(36)17-10-19-35(40(2,38)39)25-16-9-13-23(21-25)29(30,31)32/h4-6,9,11-13,16,21,24,26H,3,7-8,10,14-15,17-20H2,1-2H3,(H,33,37)/t26-/m1/s1. The Balaban J connectivity index is 1.74. The van der Waals surface area contributed by atoms with Gasteiger partial charge in [-0.2, -0.15) is 13.2 Å². The van der Waals surface area contributed by atoms with Crippen LogP contribution in [0.25, 0.3) is 0 Å². The van der Waals surface area contributed by atoms with Crippen molar-refractivity contribution in [2.75, 3.05) is 23.7 Å². The smallest absolute Gasteiger partial charge is 0.352 e. The Morgan fingerprint density at radius 1 is 1.02 bits per heavy atom. The second-order valence-electron chi connectivity index (χ2n) is 10.2. The van der Waals surface area contributed by atoms with E-state index in [4.69, 9.17) is 0 Å². The van der Waals surface area contributed by atoms with Crippen LogP contribution in [0.2, 0.25) is 0 Å². The summed E-state index contributed by atoms with van der Waals surface area (Å²) < 4.78 is 65.5. The Labute approximate surface area is 234 Å². The molecule has 1 aliphatic carbocycles.